The molecule has 1 heterocycles. The molecule has 1 aromatic carbocycles. The average Bonchev–Trinajstić information content (AvgIpc) is 2.28. The van der Waals surface area contributed by atoms with Crippen LogP contribution in [0.5, 0.6) is 0 Å². The van der Waals surface area contributed by atoms with E-state index in [-0.39, 0.29) is 17.9 Å². The van der Waals surface area contributed by atoms with E-state index in [2.05, 4.69) is 4.98 Å². The Bertz CT molecular complexity index is 514. The Balaban J connectivity index is 2.48. The summed E-state index contributed by atoms with van der Waals surface area (Å²) >= 11 is 0. The first kappa shape index (κ1) is 10.7. The van der Waals surface area contributed by atoms with Gasteiger partial charge in [0.1, 0.15) is 5.82 Å². The van der Waals surface area contributed by atoms with Crippen LogP contribution in [-0.4, -0.2) is 10.1 Å². The second kappa shape index (κ2) is 4.37. The van der Waals surface area contributed by atoms with Gasteiger partial charge in [-0.15, -0.1) is 0 Å². The van der Waals surface area contributed by atoms with E-state index in [9.17, 15) is 8.78 Å². The number of hydrogen-bond donors (Lipinski definition) is 1. The molecule has 0 radical (unpaired) electrons. The van der Waals surface area contributed by atoms with Crippen LogP contribution in [0.4, 0.5) is 8.78 Å². The highest BCUT2D eigenvalue weighted by Gasteiger charge is 2.07. The maximum atomic E-state index is 13.5. The first-order chi connectivity index (χ1) is 7.70. The van der Waals surface area contributed by atoms with E-state index in [0.717, 1.165) is 0 Å². The van der Waals surface area contributed by atoms with Crippen LogP contribution in [0.25, 0.3) is 11.1 Å². The second-order valence-corrected chi connectivity index (χ2v) is 3.31. The lowest BCUT2D eigenvalue weighted by molar-refractivity contribution is 0.275. The molecule has 0 bridgehead atoms. The molecule has 1 N–H and O–H groups in total. The lowest BCUT2D eigenvalue weighted by Crippen LogP contribution is -1.95. The van der Waals surface area contributed by atoms with Gasteiger partial charge >= 0.3 is 0 Å². The van der Waals surface area contributed by atoms with Gasteiger partial charge < -0.3 is 5.11 Å². The Kier molecular flexibility index (Phi) is 2.92. The molecule has 0 saturated heterocycles. The number of aliphatic hydroxyl groups excluding tert-OH is 1. The van der Waals surface area contributed by atoms with Gasteiger partial charge in [0.15, 0.2) is 0 Å². The maximum absolute atomic E-state index is 13.5. The van der Waals surface area contributed by atoms with Crippen molar-refractivity contribution in [1.29, 1.82) is 0 Å². The molecule has 2 nitrogen and oxygen atoms in total. The van der Waals surface area contributed by atoms with Crippen LogP contribution in [0.1, 0.15) is 5.69 Å². The average molecular weight is 221 g/mol. The van der Waals surface area contributed by atoms with E-state index in [1.165, 1.54) is 30.3 Å². The van der Waals surface area contributed by atoms with Gasteiger partial charge in [0, 0.05) is 5.56 Å². The van der Waals surface area contributed by atoms with Crippen molar-refractivity contribution >= 4 is 0 Å². The number of halogens is 2. The Labute approximate surface area is 91.2 Å². The Morgan fingerprint density at radius 3 is 2.56 bits per heavy atom. The number of benzene rings is 1. The molecule has 4 heteroatoms. The fourth-order valence-electron chi connectivity index (χ4n) is 1.43. The summed E-state index contributed by atoms with van der Waals surface area (Å²) in [4.78, 5) is 3.56. The molecule has 0 aliphatic heterocycles. The van der Waals surface area contributed by atoms with Crippen molar-refractivity contribution in [2.75, 3.05) is 0 Å². The third-order valence-corrected chi connectivity index (χ3v) is 2.20. The largest absolute Gasteiger partial charge is 0.390 e. The van der Waals surface area contributed by atoms with E-state index < -0.39 is 11.8 Å². The standard InChI is InChI=1S/C12H9F2NO/c13-9-3-1-2-8(6-9)11-5-4-10(7-16)15-12(11)14/h1-6,16H,7H2. The van der Waals surface area contributed by atoms with E-state index >= 15 is 0 Å². The molecule has 0 atom stereocenters. The fourth-order valence-corrected chi connectivity index (χ4v) is 1.43. The van der Waals surface area contributed by atoms with Crippen LogP contribution in [0.2, 0.25) is 0 Å². The van der Waals surface area contributed by atoms with E-state index in [4.69, 9.17) is 5.11 Å². The molecule has 0 amide bonds. The first-order valence-corrected chi connectivity index (χ1v) is 4.73. The van der Waals surface area contributed by atoms with Crippen molar-refractivity contribution in [1.82, 2.24) is 4.98 Å². The third kappa shape index (κ3) is 2.06. The van der Waals surface area contributed by atoms with Crippen molar-refractivity contribution in [2.45, 2.75) is 6.61 Å². The molecule has 16 heavy (non-hydrogen) atoms. The summed E-state index contributed by atoms with van der Waals surface area (Å²) in [6.07, 6.45) is 0. The van der Waals surface area contributed by atoms with Crippen molar-refractivity contribution in [3.63, 3.8) is 0 Å². The zero-order chi connectivity index (χ0) is 11.5. The van der Waals surface area contributed by atoms with Gasteiger partial charge in [-0.2, -0.15) is 4.39 Å². The topological polar surface area (TPSA) is 33.1 Å². The Morgan fingerprint density at radius 2 is 1.94 bits per heavy atom. The van der Waals surface area contributed by atoms with Crippen LogP contribution in [-0.2, 0) is 6.61 Å². The van der Waals surface area contributed by atoms with Crippen LogP contribution < -0.4 is 0 Å². The number of nitrogens with zero attached hydrogens (tertiary/aromatic N) is 1. The smallest absolute Gasteiger partial charge is 0.221 e. The molecule has 0 fully saturated rings. The highest BCUT2D eigenvalue weighted by molar-refractivity contribution is 5.63. The second-order valence-electron chi connectivity index (χ2n) is 3.31. The van der Waals surface area contributed by atoms with Gasteiger partial charge in [0.25, 0.3) is 0 Å². The number of hydrogen-bond acceptors (Lipinski definition) is 2. The van der Waals surface area contributed by atoms with E-state index in [1.807, 2.05) is 0 Å². The minimum Gasteiger partial charge on any atom is -0.390 e. The van der Waals surface area contributed by atoms with Crippen LogP contribution in [0, 0.1) is 11.8 Å². The van der Waals surface area contributed by atoms with Crippen LogP contribution in [0.3, 0.4) is 0 Å². The third-order valence-electron chi connectivity index (χ3n) is 2.20. The quantitative estimate of drug-likeness (QED) is 0.790. The zero-order valence-corrected chi connectivity index (χ0v) is 8.32. The molecule has 0 aliphatic carbocycles. The predicted molar refractivity (Wildman–Crippen MR) is 55.5 cm³/mol. The number of aromatic nitrogens is 1. The van der Waals surface area contributed by atoms with Gasteiger partial charge in [-0.3, -0.25) is 0 Å². The summed E-state index contributed by atoms with van der Waals surface area (Å²) in [5.74, 6) is -1.14. The molecule has 0 spiro atoms. The van der Waals surface area contributed by atoms with Crippen LogP contribution in [0.15, 0.2) is 36.4 Å². The van der Waals surface area contributed by atoms with Gasteiger partial charge in [-0.1, -0.05) is 12.1 Å². The molecular weight excluding hydrogens is 212 g/mol. The van der Waals surface area contributed by atoms with Gasteiger partial charge in [-0.25, -0.2) is 9.37 Å². The molecular formula is C12H9F2NO. The van der Waals surface area contributed by atoms with Gasteiger partial charge in [0.05, 0.1) is 12.3 Å². The fraction of sp³-hybridized carbons (Fsp3) is 0.0833. The van der Waals surface area contributed by atoms with Gasteiger partial charge in [-0.05, 0) is 29.8 Å². The van der Waals surface area contributed by atoms with Crippen molar-refractivity contribution in [2.24, 2.45) is 0 Å². The molecule has 82 valence electrons. The van der Waals surface area contributed by atoms with E-state index in [0.29, 0.717) is 5.56 Å². The van der Waals surface area contributed by atoms with Crippen molar-refractivity contribution in [3.8, 4) is 11.1 Å². The SMILES string of the molecule is OCc1ccc(-c2cccc(F)c2)c(F)n1. The summed E-state index contributed by atoms with van der Waals surface area (Å²) in [7, 11) is 0. The Morgan fingerprint density at radius 1 is 1.12 bits per heavy atom. The minimum atomic E-state index is -0.711. The Hall–Kier alpha value is -1.81. The first-order valence-electron chi connectivity index (χ1n) is 4.73. The molecule has 2 rings (SSSR count). The minimum absolute atomic E-state index is 0.219. The summed E-state index contributed by atoms with van der Waals surface area (Å²) in [5, 5.41) is 8.78. The summed E-state index contributed by atoms with van der Waals surface area (Å²) in [5.41, 5.74) is 0.892. The molecule has 0 unspecified atom stereocenters. The predicted octanol–water partition coefficient (Wildman–Crippen LogP) is 2.52. The van der Waals surface area contributed by atoms with E-state index in [1.54, 1.807) is 6.07 Å². The normalized spacial score (nSPS) is 10.4. The summed E-state index contributed by atoms with van der Waals surface area (Å²) < 4.78 is 26.5. The maximum Gasteiger partial charge on any atom is 0.221 e. The van der Waals surface area contributed by atoms with Crippen LogP contribution >= 0.6 is 0 Å². The number of pyridine rings is 1. The van der Waals surface area contributed by atoms with Crippen molar-refractivity contribution in [3.05, 3.63) is 53.9 Å². The molecule has 0 aliphatic rings. The lowest BCUT2D eigenvalue weighted by Gasteiger charge is -2.04. The number of aliphatic hydroxyl groups is 1. The lowest BCUT2D eigenvalue weighted by atomic mass is 10.1. The summed E-state index contributed by atoms with van der Waals surface area (Å²) in [6, 6.07) is 8.60. The zero-order valence-electron chi connectivity index (χ0n) is 8.32. The van der Waals surface area contributed by atoms with Gasteiger partial charge in [0.2, 0.25) is 5.95 Å². The highest BCUT2D eigenvalue weighted by Crippen LogP contribution is 2.22. The molecule has 1 aromatic heterocycles. The molecule has 0 saturated carbocycles. The summed E-state index contributed by atoms with van der Waals surface area (Å²) in [6.45, 7) is -0.319. The van der Waals surface area contributed by atoms with Crippen molar-refractivity contribution < 1.29 is 13.9 Å². The monoisotopic (exact) mass is 221 g/mol. The molecule has 2 aromatic rings. The number of rotatable bonds is 2. The highest BCUT2D eigenvalue weighted by atomic mass is 19.1.